The third kappa shape index (κ3) is 2.60. The van der Waals surface area contributed by atoms with Crippen LogP contribution < -0.4 is 5.32 Å². The molecule has 1 aromatic heterocycles. The number of rotatable bonds is 2. The van der Waals surface area contributed by atoms with Crippen molar-refractivity contribution in [3.8, 4) is 0 Å². The van der Waals surface area contributed by atoms with Gasteiger partial charge in [0, 0.05) is 17.3 Å². The van der Waals surface area contributed by atoms with Crippen LogP contribution in [0, 0.1) is 13.8 Å². The van der Waals surface area contributed by atoms with E-state index >= 15 is 0 Å². The number of carbonyl (C=O) groups is 1. The zero-order valence-electron chi connectivity index (χ0n) is 11.9. The summed E-state index contributed by atoms with van der Waals surface area (Å²) in [7, 11) is 0. The molecule has 0 unspecified atom stereocenters. The van der Waals surface area contributed by atoms with Gasteiger partial charge in [0.2, 0.25) is 0 Å². The molecule has 1 heterocycles. The second-order valence-corrected chi connectivity index (χ2v) is 4.90. The normalized spacial score (nSPS) is 10.6. The topological polar surface area (TPSA) is 54.9 Å². The molecule has 0 radical (unpaired) electrons. The molecule has 104 valence electrons. The van der Waals surface area contributed by atoms with Gasteiger partial charge < -0.3 is 5.32 Å². The average molecular weight is 277 g/mol. The summed E-state index contributed by atoms with van der Waals surface area (Å²) in [4.78, 5) is 20.7. The molecule has 0 fully saturated rings. The summed E-state index contributed by atoms with van der Waals surface area (Å²) in [5.41, 5.74) is 1.96. The first kappa shape index (κ1) is 13.2. The highest BCUT2D eigenvalue weighted by Crippen LogP contribution is 2.23. The molecule has 0 atom stereocenters. The summed E-state index contributed by atoms with van der Waals surface area (Å²) < 4.78 is 0. The minimum Gasteiger partial charge on any atom is -0.321 e. The van der Waals surface area contributed by atoms with E-state index in [1.54, 1.807) is 13.1 Å². The number of hydrogen-bond donors (Lipinski definition) is 1. The van der Waals surface area contributed by atoms with Crippen molar-refractivity contribution < 1.29 is 4.79 Å². The Hall–Kier alpha value is -2.75. The fourth-order valence-electron chi connectivity index (χ4n) is 2.33. The lowest BCUT2D eigenvalue weighted by atomic mass is 10.1. The van der Waals surface area contributed by atoms with Crippen LogP contribution in [-0.4, -0.2) is 15.9 Å². The summed E-state index contributed by atoms with van der Waals surface area (Å²) in [5, 5.41) is 5.05. The van der Waals surface area contributed by atoms with Gasteiger partial charge in [-0.1, -0.05) is 36.4 Å². The van der Waals surface area contributed by atoms with Crippen LogP contribution in [0.5, 0.6) is 0 Å². The number of benzene rings is 2. The van der Waals surface area contributed by atoms with Crippen molar-refractivity contribution in [3.63, 3.8) is 0 Å². The predicted molar refractivity (Wildman–Crippen MR) is 83.4 cm³/mol. The van der Waals surface area contributed by atoms with E-state index in [-0.39, 0.29) is 5.91 Å². The van der Waals surface area contributed by atoms with Gasteiger partial charge in [-0.3, -0.25) is 4.79 Å². The summed E-state index contributed by atoms with van der Waals surface area (Å²) in [6, 6.07) is 13.8. The lowest BCUT2D eigenvalue weighted by Crippen LogP contribution is -2.15. The second-order valence-electron chi connectivity index (χ2n) is 4.90. The Morgan fingerprint density at radius 2 is 1.81 bits per heavy atom. The molecule has 4 nitrogen and oxygen atoms in total. The van der Waals surface area contributed by atoms with Crippen molar-refractivity contribution in [1.29, 1.82) is 0 Å². The zero-order valence-corrected chi connectivity index (χ0v) is 11.9. The Morgan fingerprint density at radius 3 is 2.62 bits per heavy atom. The molecule has 21 heavy (non-hydrogen) atoms. The zero-order chi connectivity index (χ0) is 14.8. The summed E-state index contributed by atoms with van der Waals surface area (Å²) >= 11 is 0. The Kier molecular flexibility index (Phi) is 3.36. The fourth-order valence-corrected chi connectivity index (χ4v) is 2.33. The quantitative estimate of drug-likeness (QED) is 0.780. The van der Waals surface area contributed by atoms with Gasteiger partial charge in [-0.05, 0) is 25.3 Å². The molecule has 4 heteroatoms. The van der Waals surface area contributed by atoms with Gasteiger partial charge in [0.05, 0.1) is 11.3 Å². The number of hydrogen-bond acceptors (Lipinski definition) is 3. The molecule has 1 N–H and O–H groups in total. The standard InChI is InChI=1S/C17H15N3O/c1-11-15(10-18-12(2)19-11)17(21)20-16-9-5-7-13-6-3-4-8-14(13)16/h3-10H,1-2H3,(H,20,21). The molecular weight excluding hydrogens is 262 g/mol. The van der Waals surface area contributed by atoms with Crippen molar-refractivity contribution in [3.05, 3.63) is 65.7 Å². The smallest absolute Gasteiger partial charge is 0.259 e. The largest absolute Gasteiger partial charge is 0.321 e. The van der Waals surface area contributed by atoms with Gasteiger partial charge >= 0.3 is 0 Å². The SMILES string of the molecule is Cc1ncc(C(=O)Nc2cccc3ccccc23)c(C)n1. The van der Waals surface area contributed by atoms with Crippen LogP contribution in [0.4, 0.5) is 5.69 Å². The van der Waals surface area contributed by atoms with Crippen molar-refractivity contribution in [2.45, 2.75) is 13.8 Å². The minimum absolute atomic E-state index is 0.191. The highest BCUT2D eigenvalue weighted by Gasteiger charge is 2.12. The predicted octanol–water partition coefficient (Wildman–Crippen LogP) is 3.50. The maximum Gasteiger partial charge on any atom is 0.259 e. The van der Waals surface area contributed by atoms with Crippen molar-refractivity contribution in [2.75, 3.05) is 5.32 Å². The van der Waals surface area contributed by atoms with E-state index in [2.05, 4.69) is 15.3 Å². The van der Waals surface area contributed by atoms with Crippen LogP contribution in [0.15, 0.2) is 48.7 Å². The molecule has 1 amide bonds. The van der Waals surface area contributed by atoms with Crippen LogP contribution in [0.3, 0.4) is 0 Å². The molecule has 0 spiro atoms. The fraction of sp³-hybridized carbons (Fsp3) is 0.118. The molecule has 0 saturated carbocycles. The second kappa shape index (κ2) is 5.32. The Labute approximate surface area is 122 Å². The van der Waals surface area contributed by atoms with E-state index in [1.807, 2.05) is 49.4 Å². The molecule has 2 aromatic carbocycles. The van der Waals surface area contributed by atoms with Crippen LogP contribution in [0.1, 0.15) is 21.9 Å². The molecule has 0 aliphatic rings. The first-order valence-corrected chi connectivity index (χ1v) is 6.74. The lowest BCUT2D eigenvalue weighted by molar-refractivity contribution is 0.102. The molecule has 0 bridgehead atoms. The Morgan fingerprint density at radius 1 is 1.05 bits per heavy atom. The van der Waals surface area contributed by atoms with E-state index in [9.17, 15) is 4.79 Å². The first-order valence-electron chi connectivity index (χ1n) is 6.74. The molecule has 0 saturated heterocycles. The van der Waals surface area contributed by atoms with Crippen LogP contribution in [0.2, 0.25) is 0 Å². The van der Waals surface area contributed by atoms with Crippen LogP contribution >= 0.6 is 0 Å². The van der Waals surface area contributed by atoms with Gasteiger partial charge in [-0.25, -0.2) is 9.97 Å². The highest BCUT2D eigenvalue weighted by molar-refractivity contribution is 6.09. The lowest BCUT2D eigenvalue weighted by Gasteiger charge is -2.10. The number of fused-ring (bicyclic) bond motifs is 1. The average Bonchev–Trinajstić information content (AvgIpc) is 2.47. The number of aryl methyl sites for hydroxylation is 2. The highest BCUT2D eigenvalue weighted by atomic mass is 16.1. The number of nitrogens with zero attached hydrogens (tertiary/aromatic N) is 2. The molecule has 0 aliphatic heterocycles. The molecule has 3 rings (SSSR count). The molecule has 0 aliphatic carbocycles. The van der Waals surface area contributed by atoms with Crippen molar-refractivity contribution in [2.24, 2.45) is 0 Å². The maximum atomic E-state index is 12.4. The molecular formula is C17H15N3O. The van der Waals surface area contributed by atoms with Gasteiger partial charge in [0.1, 0.15) is 5.82 Å². The van der Waals surface area contributed by atoms with Gasteiger partial charge in [0.25, 0.3) is 5.91 Å². The Balaban J connectivity index is 1.97. The van der Waals surface area contributed by atoms with E-state index in [4.69, 9.17) is 0 Å². The third-order valence-corrected chi connectivity index (χ3v) is 3.38. The number of anilines is 1. The van der Waals surface area contributed by atoms with E-state index in [0.29, 0.717) is 17.1 Å². The number of amides is 1. The summed E-state index contributed by atoms with van der Waals surface area (Å²) in [6.45, 7) is 3.62. The van der Waals surface area contributed by atoms with E-state index < -0.39 is 0 Å². The maximum absolute atomic E-state index is 12.4. The summed E-state index contributed by atoms with van der Waals surface area (Å²) in [6.07, 6.45) is 1.57. The van der Waals surface area contributed by atoms with Crippen molar-refractivity contribution in [1.82, 2.24) is 9.97 Å². The monoisotopic (exact) mass is 277 g/mol. The first-order chi connectivity index (χ1) is 10.1. The minimum atomic E-state index is -0.191. The van der Waals surface area contributed by atoms with Gasteiger partial charge in [-0.15, -0.1) is 0 Å². The third-order valence-electron chi connectivity index (χ3n) is 3.38. The molecule has 3 aromatic rings. The van der Waals surface area contributed by atoms with E-state index in [0.717, 1.165) is 16.5 Å². The number of carbonyl (C=O) groups excluding carboxylic acids is 1. The van der Waals surface area contributed by atoms with Gasteiger partial charge in [-0.2, -0.15) is 0 Å². The number of nitrogens with one attached hydrogen (secondary N) is 1. The van der Waals surface area contributed by atoms with Crippen LogP contribution in [-0.2, 0) is 0 Å². The van der Waals surface area contributed by atoms with Crippen LogP contribution in [0.25, 0.3) is 10.8 Å². The Bertz CT molecular complexity index is 822. The van der Waals surface area contributed by atoms with E-state index in [1.165, 1.54) is 0 Å². The summed E-state index contributed by atoms with van der Waals surface area (Å²) in [5.74, 6) is 0.470. The van der Waals surface area contributed by atoms with Gasteiger partial charge in [0.15, 0.2) is 0 Å². The number of aromatic nitrogens is 2. The van der Waals surface area contributed by atoms with Crippen molar-refractivity contribution >= 4 is 22.4 Å².